The molecule has 43 heavy (non-hydrogen) atoms. The molecule has 0 bridgehead atoms. The molecule has 0 fully saturated rings. The van der Waals surface area contributed by atoms with Crippen molar-refractivity contribution >= 4 is 54.3 Å². The van der Waals surface area contributed by atoms with Gasteiger partial charge in [-0.25, -0.2) is 0 Å². The number of hydrogen-bond acceptors (Lipinski definition) is 1. The Morgan fingerprint density at radius 1 is 0.419 bits per heavy atom. The van der Waals surface area contributed by atoms with Crippen LogP contribution in [0.25, 0.3) is 87.6 Å². The minimum atomic E-state index is -0.414. The third kappa shape index (κ3) is 3.65. The molecule has 0 saturated carbocycles. The van der Waals surface area contributed by atoms with Crippen LogP contribution in [0.15, 0.2) is 162 Å². The van der Waals surface area contributed by atoms with Crippen molar-refractivity contribution in [3.63, 3.8) is 0 Å². The highest BCUT2D eigenvalue weighted by molar-refractivity contribution is 6.27. The molecule has 9 rings (SSSR count). The molecular formula is C42H26O. The summed E-state index contributed by atoms with van der Waals surface area (Å²) in [5, 5.41) is 8.34. The van der Waals surface area contributed by atoms with Crippen LogP contribution in [0.2, 0.25) is 0 Å². The van der Waals surface area contributed by atoms with Crippen molar-refractivity contribution in [1.29, 1.82) is 0 Å². The molecule has 0 aliphatic rings. The predicted molar refractivity (Wildman–Crippen MR) is 183 cm³/mol. The van der Waals surface area contributed by atoms with Crippen molar-refractivity contribution in [1.82, 2.24) is 0 Å². The molecule has 8 aromatic carbocycles. The molecule has 0 N–H and O–H groups in total. The molecule has 1 nitrogen and oxygen atoms in total. The lowest BCUT2D eigenvalue weighted by Crippen LogP contribution is -1.91. The highest BCUT2D eigenvalue weighted by Crippen LogP contribution is 2.48. The summed E-state index contributed by atoms with van der Waals surface area (Å²) in [6.07, 6.45) is 0. The zero-order valence-electron chi connectivity index (χ0n) is 28.0. The first-order valence-corrected chi connectivity index (χ1v) is 14.4. The fourth-order valence-corrected chi connectivity index (χ4v) is 6.74. The Hall–Kier alpha value is -5.66. The molecule has 1 heteroatoms. The summed E-state index contributed by atoms with van der Waals surface area (Å²) in [6, 6.07) is 41.9. The van der Waals surface area contributed by atoms with E-state index in [-0.39, 0.29) is 29.7 Å². The predicted octanol–water partition coefficient (Wildman–Crippen LogP) is 12.0. The van der Waals surface area contributed by atoms with Gasteiger partial charge in [-0.2, -0.15) is 0 Å². The van der Waals surface area contributed by atoms with Gasteiger partial charge >= 0.3 is 0 Å². The number of benzene rings is 8. The van der Waals surface area contributed by atoms with E-state index in [9.17, 15) is 0 Å². The van der Waals surface area contributed by atoms with Gasteiger partial charge in [0.2, 0.25) is 0 Å². The van der Waals surface area contributed by atoms with Gasteiger partial charge in [-0.1, -0.05) is 139 Å². The summed E-state index contributed by atoms with van der Waals surface area (Å²) < 4.78 is 49.0. The highest BCUT2D eigenvalue weighted by atomic mass is 16.3. The molecule has 0 radical (unpaired) electrons. The lowest BCUT2D eigenvalue weighted by Gasteiger charge is -2.18. The van der Waals surface area contributed by atoms with E-state index in [2.05, 4.69) is 97.1 Å². The molecule has 1 heterocycles. The van der Waals surface area contributed by atoms with E-state index in [1.165, 1.54) is 16.3 Å². The summed E-state index contributed by atoms with van der Waals surface area (Å²) in [6.45, 7) is 0. The van der Waals surface area contributed by atoms with E-state index >= 15 is 0 Å². The van der Waals surface area contributed by atoms with Crippen LogP contribution < -0.4 is 0 Å². The highest BCUT2D eigenvalue weighted by Gasteiger charge is 2.21. The van der Waals surface area contributed by atoms with Crippen molar-refractivity contribution < 1.29 is 11.3 Å². The standard InChI is InChI=1S/C42H26O/c1-2-13-28(14-3-1)31-20-10-22-37-41(31)42-36(21-11-23-38(42)43-37)40-34-18-8-6-16-32(34)39(33-17-7-9-19-35(33)40)30-25-24-27-12-4-5-15-29(27)26-30/h1-26H/i1D,2D,3D,13D,14D. The second-order valence-corrected chi connectivity index (χ2v) is 10.9. The fraction of sp³-hybridized carbons (Fsp3) is 0. The maximum atomic E-state index is 8.80. The summed E-state index contributed by atoms with van der Waals surface area (Å²) in [7, 11) is 0. The topological polar surface area (TPSA) is 13.1 Å². The molecule has 0 aliphatic carbocycles. The molecule has 0 amide bonds. The first-order chi connectivity index (χ1) is 23.4. The third-order valence-electron chi connectivity index (χ3n) is 8.53. The van der Waals surface area contributed by atoms with Gasteiger partial charge in [-0.15, -0.1) is 0 Å². The van der Waals surface area contributed by atoms with Crippen LogP contribution in [0.3, 0.4) is 0 Å². The average molecular weight is 552 g/mol. The SMILES string of the molecule is [2H]c1c([2H])c([2H])c(-c2cccc3oc4cccc(-c5c6ccccc6c(-c6ccc7ccccc7c6)c6ccccc56)c4c23)c([2H])c1[2H]. The number of rotatable bonds is 3. The van der Waals surface area contributed by atoms with Crippen LogP contribution in [-0.2, 0) is 0 Å². The fourth-order valence-electron chi connectivity index (χ4n) is 6.74. The van der Waals surface area contributed by atoms with Crippen LogP contribution in [-0.4, -0.2) is 0 Å². The second kappa shape index (κ2) is 9.44. The van der Waals surface area contributed by atoms with Gasteiger partial charge < -0.3 is 4.42 Å². The monoisotopic (exact) mass is 551 g/mol. The van der Waals surface area contributed by atoms with Crippen LogP contribution in [0.1, 0.15) is 6.85 Å². The maximum absolute atomic E-state index is 8.80. The Labute approximate surface area is 256 Å². The summed E-state index contributed by atoms with van der Waals surface area (Å²) in [5.41, 5.74) is 6.25. The van der Waals surface area contributed by atoms with Crippen molar-refractivity contribution in [3.8, 4) is 33.4 Å². The van der Waals surface area contributed by atoms with Gasteiger partial charge in [0.1, 0.15) is 11.2 Å². The maximum Gasteiger partial charge on any atom is 0.136 e. The molecule has 0 spiro atoms. The normalized spacial score (nSPS) is 13.3. The average Bonchev–Trinajstić information content (AvgIpc) is 3.52. The van der Waals surface area contributed by atoms with Crippen molar-refractivity contribution in [2.45, 2.75) is 0 Å². The largest absolute Gasteiger partial charge is 0.456 e. The van der Waals surface area contributed by atoms with E-state index in [4.69, 9.17) is 11.3 Å². The molecule has 0 atom stereocenters. The first-order valence-electron chi connectivity index (χ1n) is 16.9. The van der Waals surface area contributed by atoms with Gasteiger partial charge in [0.25, 0.3) is 0 Å². The Morgan fingerprint density at radius 3 is 1.65 bits per heavy atom. The van der Waals surface area contributed by atoms with Crippen molar-refractivity contribution in [3.05, 3.63) is 158 Å². The lowest BCUT2D eigenvalue weighted by molar-refractivity contribution is 0.669. The van der Waals surface area contributed by atoms with E-state index in [1.54, 1.807) is 0 Å². The van der Waals surface area contributed by atoms with Crippen LogP contribution in [0.4, 0.5) is 0 Å². The zero-order valence-corrected chi connectivity index (χ0v) is 23.0. The Bertz CT molecular complexity index is 2710. The lowest BCUT2D eigenvalue weighted by atomic mass is 9.84. The minimum Gasteiger partial charge on any atom is -0.456 e. The second-order valence-electron chi connectivity index (χ2n) is 10.9. The Balaban J connectivity index is 1.42. The quantitative estimate of drug-likeness (QED) is 0.199. The first kappa shape index (κ1) is 19.5. The van der Waals surface area contributed by atoms with Gasteiger partial charge in [-0.05, 0) is 83.9 Å². The van der Waals surface area contributed by atoms with Crippen LogP contribution in [0.5, 0.6) is 0 Å². The molecule has 1 aromatic heterocycles. The van der Waals surface area contributed by atoms with E-state index in [1.807, 2.05) is 30.3 Å². The van der Waals surface area contributed by atoms with Gasteiger partial charge in [0, 0.05) is 10.8 Å². The number of fused-ring (bicyclic) bond motifs is 6. The number of furan rings is 1. The van der Waals surface area contributed by atoms with Crippen molar-refractivity contribution in [2.75, 3.05) is 0 Å². The Morgan fingerprint density at radius 2 is 0.977 bits per heavy atom. The molecule has 200 valence electrons. The van der Waals surface area contributed by atoms with Crippen LogP contribution >= 0.6 is 0 Å². The third-order valence-corrected chi connectivity index (χ3v) is 8.53. The van der Waals surface area contributed by atoms with Crippen molar-refractivity contribution in [2.24, 2.45) is 0 Å². The molecule has 0 aliphatic heterocycles. The van der Waals surface area contributed by atoms with Gasteiger partial charge in [-0.3, -0.25) is 0 Å². The molecule has 9 aromatic rings. The van der Waals surface area contributed by atoms with E-state index < -0.39 is 6.04 Å². The van der Waals surface area contributed by atoms with Gasteiger partial charge in [0.05, 0.1) is 6.85 Å². The number of hydrogen-bond donors (Lipinski definition) is 0. The van der Waals surface area contributed by atoms with Crippen LogP contribution in [0, 0.1) is 0 Å². The molecular weight excluding hydrogens is 520 g/mol. The minimum absolute atomic E-state index is 0.158. The Kier molecular flexibility index (Phi) is 4.27. The summed E-state index contributed by atoms with van der Waals surface area (Å²) in [5.74, 6) is 0. The van der Waals surface area contributed by atoms with E-state index in [0.29, 0.717) is 22.1 Å². The van der Waals surface area contributed by atoms with Gasteiger partial charge in [0.15, 0.2) is 0 Å². The summed E-state index contributed by atoms with van der Waals surface area (Å²) in [4.78, 5) is 0. The zero-order chi connectivity index (χ0) is 32.7. The van der Waals surface area contributed by atoms with E-state index in [0.717, 1.165) is 43.6 Å². The summed E-state index contributed by atoms with van der Waals surface area (Å²) >= 11 is 0. The molecule has 0 unspecified atom stereocenters. The smallest absolute Gasteiger partial charge is 0.136 e. The molecule has 0 saturated heterocycles.